The Kier molecular flexibility index (Phi) is 6.01. The van der Waals surface area contributed by atoms with Crippen LogP contribution in [0.5, 0.6) is 0 Å². The van der Waals surface area contributed by atoms with Crippen molar-refractivity contribution in [3.8, 4) is 11.6 Å². The van der Waals surface area contributed by atoms with Crippen molar-refractivity contribution >= 4 is 23.4 Å². The van der Waals surface area contributed by atoms with Gasteiger partial charge in [-0.05, 0) is 55.2 Å². The molecule has 0 fully saturated rings. The molecule has 0 aliphatic rings. The third-order valence-corrected chi connectivity index (χ3v) is 4.81. The number of amides is 1. The van der Waals surface area contributed by atoms with Gasteiger partial charge in [0.15, 0.2) is 16.7 Å². The lowest BCUT2D eigenvalue weighted by molar-refractivity contribution is -0.113. The number of anilines is 1. The maximum atomic E-state index is 12.4. The van der Waals surface area contributed by atoms with Crippen LogP contribution in [0.1, 0.15) is 25.0 Å². The van der Waals surface area contributed by atoms with Crippen LogP contribution in [0.2, 0.25) is 0 Å². The lowest BCUT2D eigenvalue weighted by Crippen LogP contribution is -2.15. The van der Waals surface area contributed by atoms with Gasteiger partial charge in [0.05, 0.1) is 12.0 Å². The van der Waals surface area contributed by atoms with Crippen molar-refractivity contribution < 1.29 is 9.21 Å². The number of carbonyl (C=O) groups is 1. The van der Waals surface area contributed by atoms with E-state index in [4.69, 9.17) is 4.42 Å². The molecule has 27 heavy (non-hydrogen) atoms. The number of benzene rings is 1. The summed E-state index contributed by atoms with van der Waals surface area (Å²) in [6, 6.07) is 9.70. The quantitative estimate of drug-likeness (QED) is 0.605. The molecule has 0 atom stereocenters. The zero-order valence-corrected chi connectivity index (χ0v) is 16.8. The first kappa shape index (κ1) is 19.2. The number of aryl methyl sites for hydroxylation is 2. The predicted molar refractivity (Wildman–Crippen MR) is 108 cm³/mol. The van der Waals surface area contributed by atoms with Crippen LogP contribution in [0, 0.1) is 19.8 Å². The highest BCUT2D eigenvalue weighted by molar-refractivity contribution is 7.99. The summed E-state index contributed by atoms with van der Waals surface area (Å²) in [5.41, 5.74) is 3.06. The number of nitrogens with one attached hydrogen (secondary N) is 1. The third kappa shape index (κ3) is 5.01. The van der Waals surface area contributed by atoms with Gasteiger partial charge in [-0.15, -0.1) is 10.2 Å². The molecular formula is C20H24N4O2S. The maximum absolute atomic E-state index is 12.4. The zero-order chi connectivity index (χ0) is 19.4. The van der Waals surface area contributed by atoms with E-state index < -0.39 is 0 Å². The second-order valence-electron chi connectivity index (χ2n) is 7.00. The molecule has 0 aliphatic heterocycles. The Hall–Kier alpha value is -2.54. The summed E-state index contributed by atoms with van der Waals surface area (Å²) >= 11 is 1.38. The van der Waals surface area contributed by atoms with Gasteiger partial charge in [0.1, 0.15) is 0 Å². The number of hydrogen-bond donors (Lipinski definition) is 1. The van der Waals surface area contributed by atoms with Crippen molar-refractivity contribution in [1.29, 1.82) is 0 Å². The Morgan fingerprint density at radius 3 is 2.59 bits per heavy atom. The van der Waals surface area contributed by atoms with Gasteiger partial charge < -0.3 is 9.73 Å². The Bertz CT molecular complexity index is 896. The van der Waals surface area contributed by atoms with E-state index >= 15 is 0 Å². The van der Waals surface area contributed by atoms with E-state index in [9.17, 15) is 4.79 Å². The van der Waals surface area contributed by atoms with E-state index in [1.807, 2.05) is 42.7 Å². The molecule has 0 bridgehead atoms. The highest BCUT2D eigenvalue weighted by Crippen LogP contribution is 2.25. The summed E-state index contributed by atoms with van der Waals surface area (Å²) in [4.78, 5) is 12.4. The minimum atomic E-state index is -0.0661. The standard InChI is InChI=1S/C20H24N4O2S/c1-13(2)11-24-19(17-6-5-7-26-17)22-23-20(24)27-12-18(25)21-16-9-14(3)8-15(4)10-16/h5-10,13H,11-12H2,1-4H3,(H,21,25). The van der Waals surface area contributed by atoms with E-state index in [2.05, 4.69) is 35.4 Å². The summed E-state index contributed by atoms with van der Waals surface area (Å²) in [5.74, 6) is 1.98. The van der Waals surface area contributed by atoms with E-state index in [0.717, 1.165) is 23.4 Å². The molecule has 0 saturated heterocycles. The van der Waals surface area contributed by atoms with Crippen LogP contribution in [0.15, 0.2) is 46.2 Å². The zero-order valence-electron chi connectivity index (χ0n) is 16.0. The molecule has 2 heterocycles. The van der Waals surface area contributed by atoms with Crippen molar-refractivity contribution in [2.45, 2.75) is 39.4 Å². The van der Waals surface area contributed by atoms with E-state index in [0.29, 0.717) is 22.7 Å². The molecule has 142 valence electrons. The van der Waals surface area contributed by atoms with Crippen molar-refractivity contribution in [3.05, 3.63) is 47.7 Å². The smallest absolute Gasteiger partial charge is 0.234 e. The van der Waals surface area contributed by atoms with Gasteiger partial charge in [-0.2, -0.15) is 0 Å². The SMILES string of the molecule is Cc1cc(C)cc(NC(=O)CSc2nnc(-c3ccco3)n2CC(C)C)c1. The Morgan fingerprint density at radius 1 is 1.22 bits per heavy atom. The van der Waals surface area contributed by atoms with Gasteiger partial charge in [0, 0.05) is 12.2 Å². The second-order valence-corrected chi connectivity index (χ2v) is 7.94. The third-order valence-electron chi connectivity index (χ3n) is 3.84. The van der Waals surface area contributed by atoms with Crippen LogP contribution >= 0.6 is 11.8 Å². The fourth-order valence-corrected chi connectivity index (χ4v) is 3.64. The van der Waals surface area contributed by atoms with Crippen LogP contribution in [0.4, 0.5) is 5.69 Å². The number of aromatic nitrogens is 3. The predicted octanol–water partition coefficient (Wildman–Crippen LogP) is 4.54. The first-order chi connectivity index (χ1) is 12.9. The topological polar surface area (TPSA) is 73.0 Å². The molecular weight excluding hydrogens is 360 g/mol. The summed E-state index contributed by atoms with van der Waals surface area (Å²) < 4.78 is 7.48. The molecule has 0 spiro atoms. The molecule has 0 unspecified atom stereocenters. The number of nitrogens with zero attached hydrogens (tertiary/aromatic N) is 3. The highest BCUT2D eigenvalue weighted by Gasteiger charge is 2.18. The average molecular weight is 385 g/mol. The van der Waals surface area contributed by atoms with Crippen molar-refractivity contribution in [2.75, 3.05) is 11.1 Å². The lowest BCUT2D eigenvalue weighted by atomic mass is 10.1. The number of furan rings is 1. The minimum absolute atomic E-state index is 0.0661. The fraction of sp³-hybridized carbons (Fsp3) is 0.350. The van der Waals surface area contributed by atoms with Crippen LogP contribution in [-0.2, 0) is 11.3 Å². The van der Waals surface area contributed by atoms with Crippen molar-refractivity contribution in [3.63, 3.8) is 0 Å². The Balaban J connectivity index is 1.70. The molecule has 0 aliphatic carbocycles. The Morgan fingerprint density at radius 2 is 1.96 bits per heavy atom. The summed E-state index contributed by atoms with van der Waals surface area (Å²) in [6.45, 7) is 9.05. The molecule has 3 rings (SSSR count). The molecule has 7 heteroatoms. The van der Waals surface area contributed by atoms with Crippen LogP contribution in [-0.4, -0.2) is 26.4 Å². The molecule has 0 saturated carbocycles. The van der Waals surface area contributed by atoms with E-state index in [-0.39, 0.29) is 11.7 Å². The number of carbonyl (C=O) groups excluding carboxylic acids is 1. The summed E-state index contributed by atoms with van der Waals surface area (Å²) in [6.07, 6.45) is 1.62. The van der Waals surface area contributed by atoms with Crippen molar-refractivity contribution in [2.24, 2.45) is 5.92 Å². The normalized spacial score (nSPS) is 11.1. The average Bonchev–Trinajstić information content (AvgIpc) is 3.21. The number of rotatable bonds is 7. The first-order valence-corrected chi connectivity index (χ1v) is 9.89. The molecule has 6 nitrogen and oxygen atoms in total. The van der Waals surface area contributed by atoms with Gasteiger partial charge in [-0.1, -0.05) is 31.7 Å². The van der Waals surface area contributed by atoms with Crippen molar-refractivity contribution in [1.82, 2.24) is 14.8 Å². The summed E-state index contributed by atoms with van der Waals surface area (Å²) in [5, 5.41) is 12.2. The van der Waals surface area contributed by atoms with Gasteiger partial charge in [-0.3, -0.25) is 9.36 Å². The maximum Gasteiger partial charge on any atom is 0.234 e. The minimum Gasteiger partial charge on any atom is -0.461 e. The van der Waals surface area contributed by atoms with Crippen LogP contribution < -0.4 is 5.32 Å². The lowest BCUT2D eigenvalue weighted by Gasteiger charge is -2.11. The largest absolute Gasteiger partial charge is 0.461 e. The molecule has 1 aromatic carbocycles. The monoisotopic (exact) mass is 384 g/mol. The molecule has 0 radical (unpaired) electrons. The number of hydrogen-bond acceptors (Lipinski definition) is 5. The van der Waals surface area contributed by atoms with Crippen LogP contribution in [0.25, 0.3) is 11.6 Å². The molecule has 3 aromatic rings. The van der Waals surface area contributed by atoms with Gasteiger partial charge >= 0.3 is 0 Å². The van der Waals surface area contributed by atoms with E-state index in [1.165, 1.54) is 11.8 Å². The van der Waals surface area contributed by atoms with Gasteiger partial charge in [-0.25, -0.2) is 0 Å². The molecule has 1 N–H and O–H groups in total. The molecule has 2 aromatic heterocycles. The second kappa shape index (κ2) is 8.43. The molecule has 1 amide bonds. The Labute approximate surface area is 163 Å². The van der Waals surface area contributed by atoms with Crippen LogP contribution in [0.3, 0.4) is 0 Å². The fourth-order valence-electron chi connectivity index (χ4n) is 2.89. The van der Waals surface area contributed by atoms with Gasteiger partial charge in [0.2, 0.25) is 5.91 Å². The number of thioether (sulfide) groups is 1. The highest BCUT2D eigenvalue weighted by atomic mass is 32.2. The van der Waals surface area contributed by atoms with E-state index in [1.54, 1.807) is 6.26 Å². The first-order valence-electron chi connectivity index (χ1n) is 8.90. The summed E-state index contributed by atoms with van der Waals surface area (Å²) in [7, 11) is 0. The van der Waals surface area contributed by atoms with Gasteiger partial charge in [0.25, 0.3) is 0 Å².